The Hall–Kier alpha value is -3.48. The first-order valence-corrected chi connectivity index (χ1v) is 12.5. The van der Waals surface area contributed by atoms with E-state index in [1.54, 1.807) is 47.1 Å². The van der Waals surface area contributed by atoms with E-state index in [9.17, 15) is 4.79 Å². The van der Waals surface area contributed by atoms with E-state index in [0.29, 0.717) is 39.5 Å². The van der Waals surface area contributed by atoms with Crippen LogP contribution in [0.2, 0.25) is 10.0 Å². The van der Waals surface area contributed by atoms with Crippen LogP contribution >= 0.6 is 23.2 Å². The second-order valence-corrected chi connectivity index (χ2v) is 9.37. The largest absolute Gasteiger partial charge is 0.491 e. The number of rotatable bonds is 9. The van der Waals surface area contributed by atoms with Crippen LogP contribution in [0, 0.1) is 0 Å². The SMILES string of the molecule is CCCNC(=O)c1ccc(Oc2nn(-c3cc(Cl)cc(Cl)c3)cc2-c2ccc(OC(C)C)cc2)cc1. The van der Waals surface area contributed by atoms with Crippen LogP contribution < -0.4 is 14.8 Å². The lowest BCUT2D eigenvalue weighted by molar-refractivity contribution is 0.0953. The Labute approximate surface area is 220 Å². The minimum absolute atomic E-state index is 0.0806. The molecule has 0 fully saturated rings. The molecule has 3 aromatic carbocycles. The van der Waals surface area contributed by atoms with Gasteiger partial charge in [-0.2, -0.15) is 0 Å². The van der Waals surface area contributed by atoms with Crippen molar-refractivity contribution in [2.45, 2.75) is 33.3 Å². The number of nitrogens with one attached hydrogen (secondary N) is 1. The third-order valence-corrected chi connectivity index (χ3v) is 5.63. The second kappa shape index (κ2) is 11.5. The Kier molecular flexibility index (Phi) is 8.18. The average molecular weight is 524 g/mol. The van der Waals surface area contributed by atoms with Gasteiger partial charge in [-0.15, -0.1) is 5.10 Å². The maximum Gasteiger partial charge on any atom is 0.251 e. The highest BCUT2D eigenvalue weighted by molar-refractivity contribution is 6.34. The minimum Gasteiger partial charge on any atom is -0.491 e. The standard InChI is InChI=1S/C28H27Cl2N3O3/c1-4-13-31-27(34)20-7-11-25(12-8-20)36-28-26(19-5-9-24(10-6-19)35-18(2)3)17-33(32-28)23-15-21(29)14-22(30)16-23/h5-12,14-18H,4,13H2,1-3H3,(H,31,34). The van der Waals surface area contributed by atoms with E-state index in [2.05, 4.69) is 10.4 Å². The van der Waals surface area contributed by atoms with Gasteiger partial charge in [-0.1, -0.05) is 42.3 Å². The van der Waals surface area contributed by atoms with E-state index in [-0.39, 0.29) is 12.0 Å². The number of ether oxygens (including phenoxy) is 2. The predicted octanol–water partition coefficient (Wildman–Crippen LogP) is 7.57. The molecule has 1 N–H and O–H groups in total. The van der Waals surface area contributed by atoms with Crippen molar-refractivity contribution in [3.05, 3.63) is 88.5 Å². The number of hydrogen-bond acceptors (Lipinski definition) is 4. The van der Waals surface area contributed by atoms with E-state index in [1.807, 2.05) is 51.2 Å². The van der Waals surface area contributed by atoms with Gasteiger partial charge in [-0.05, 0) is 80.4 Å². The number of benzene rings is 3. The molecule has 0 atom stereocenters. The molecule has 0 saturated heterocycles. The van der Waals surface area contributed by atoms with Gasteiger partial charge in [0.25, 0.3) is 5.91 Å². The predicted molar refractivity (Wildman–Crippen MR) is 144 cm³/mol. The lowest BCUT2D eigenvalue weighted by Gasteiger charge is -2.10. The number of carbonyl (C=O) groups excluding carboxylic acids is 1. The van der Waals surface area contributed by atoms with Crippen molar-refractivity contribution in [3.63, 3.8) is 0 Å². The summed E-state index contributed by atoms with van der Waals surface area (Å²) in [4.78, 5) is 12.2. The van der Waals surface area contributed by atoms with Crippen molar-refractivity contribution in [2.24, 2.45) is 0 Å². The summed E-state index contributed by atoms with van der Waals surface area (Å²) in [6.07, 6.45) is 2.82. The van der Waals surface area contributed by atoms with Gasteiger partial charge in [0.05, 0.1) is 17.4 Å². The van der Waals surface area contributed by atoms with Crippen LogP contribution in [0.3, 0.4) is 0 Å². The van der Waals surface area contributed by atoms with Gasteiger partial charge in [-0.3, -0.25) is 4.79 Å². The summed E-state index contributed by atoms with van der Waals surface area (Å²) in [5, 5.41) is 8.55. The van der Waals surface area contributed by atoms with Gasteiger partial charge >= 0.3 is 0 Å². The number of carbonyl (C=O) groups is 1. The second-order valence-electron chi connectivity index (χ2n) is 8.49. The molecule has 0 bridgehead atoms. The van der Waals surface area contributed by atoms with Crippen LogP contribution in [0.15, 0.2) is 72.9 Å². The van der Waals surface area contributed by atoms with Gasteiger partial charge in [0.1, 0.15) is 11.5 Å². The van der Waals surface area contributed by atoms with Gasteiger partial charge in [-0.25, -0.2) is 4.68 Å². The zero-order valence-electron chi connectivity index (χ0n) is 20.3. The van der Waals surface area contributed by atoms with Gasteiger partial charge in [0.15, 0.2) is 0 Å². The molecule has 0 aliphatic rings. The third-order valence-electron chi connectivity index (χ3n) is 5.20. The molecule has 1 amide bonds. The maximum absolute atomic E-state index is 12.2. The summed E-state index contributed by atoms with van der Waals surface area (Å²) in [7, 11) is 0. The number of aromatic nitrogens is 2. The molecule has 1 aromatic heterocycles. The van der Waals surface area contributed by atoms with Crippen LogP contribution in [0.25, 0.3) is 16.8 Å². The summed E-state index contributed by atoms with van der Waals surface area (Å²) in [5.74, 6) is 1.61. The number of nitrogens with zero attached hydrogens (tertiary/aromatic N) is 2. The topological polar surface area (TPSA) is 65.4 Å². The molecule has 0 spiro atoms. The van der Waals surface area contributed by atoms with Crippen molar-refractivity contribution in [3.8, 4) is 34.2 Å². The molecule has 186 valence electrons. The molecular formula is C28H27Cl2N3O3. The molecule has 4 rings (SSSR count). The van der Waals surface area contributed by atoms with Crippen molar-refractivity contribution >= 4 is 29.1 Å². The van der Waals surface area contributed by atoms with Crippen LogP contribution in [0.4, 0.5) is 0 Å². The Morgan fingerprint density at radius 1 is 0.972 bits per heavy atom. The van der Waals surface area contributed by atoms with Crippen molar-refractivity contribution in [2.75, 3.05) is 6.54 Å². The molecule has 6 nitrogen and oxygen atoms in total. The van der Waals surface area contributed by atoms with E-state index >= 15 is 0 Å². The molecule has 8 heteroatoms. The molecule has 0 aliphatic heterocycles. The van der Waals surface area contributed by atoms with Crippen molar-refractivity contribution in [1.82, 2.24) is 15.1 Å². The van der Waals surface area contributed by atoms with Gasteiger partial charge < -0.3 is 14.8 Å². The maximum atomic E-state index is 12.2. The molecule has 4 aromatic rings. The highest BCUT2D eigenvalue weighted by atomic mass is 35.5. The summed E-state index contributed by atoms with van der Waals surface area (Å²) in [6, 6.07) is 19.9. The molecule has 36 heavy (non-hydrogen) atoms. The fourth-order valence-corrected chi connectivity index (χ4v) is 4.06. The van der Waals surface area contributed by atoms with Crippen LogP contribution in [-0.2, 0) is 0 Å². The molecule has 0 unspecified atom stereocenters. The number of hydrogen-bond donors (Lipinski definition) is 1. The fraction of sp³-hybridized carbons (Fsp3) is 0.214. The Morgan fingerprint density at radius 3 is 2.22 bits per heavy atom. The zero-order chi connectivity index (χ0) is 25.7. The molecule has 0 aliphatic carbocycles. The summed E-state index contributed by atoms with van der Waals surface area (Å²) < 4.78 is 13.6. The van der Waals surface area contributed by atoms with E-state index < -0.39 is 0 Å². The quantitative estimate of drug-likeness (QED) is 0.245. The monoisotopic (exact) mass is 523 g/mol. The zero-order valence-corrected chi connectivity index (χ0v) is 21.8. The summed E-state index contributed by atoms with van der Waals surface area (Å²) >= 11 is 12.4. The highest BCUT2D eigenvalue weighted by Crippen LogP contribution is 2.35. The lowest BCUT2D eigenvalue weighted by Crippen LogP contribution is -2.23. The Balaban J connectivity index is 1.67. The first-order valence-electron chi connectivity index (χ1n) is 11.7. The minimum atomic E-state index is -0.116. The van der Waals surface area contributed by atoms with Crippen molar-refractivity contribution in [1.29, 1.82) is 0 Å². The average Bonchev–Trinajstić information content (AvgIpc) is 3.26. The smallest absolute Gasteiger partial charge is 0.251 e. The third kappa shape index (κ3) is 6.39. The lowest BCUT2D eigenvalue weighted by atomic mass is 10.1. The normalized spacial score (nSPS) is 10.9. The Morgan fingerprint density at radius 2 is 1.61 bits per heavy atom. The number of amides is 1. The van der Waals surface area contributed by atoms with E-state index in [0.717, 1.165) is 23.3 Å². The van der Waals surface area contributed by atoms with Gasteiger partial charge in [0.2, 0.25) is 5.88 Å². The van der Waals surface area contributed by atoms with Crippen LogP contribution in [0.1, 0.15) is 37.6 Å². The Bertz CT molecular complexity index is 1310. The summed E-state index contributed by atoms with van der Waals surface area (Å²) in [6.45, 7) is 6.61. The number of halogens is 2. The molecule has 1 heterocycles. The van der Waals surface area contributed by atoms with Gasteiger partial charge in [0, 0.05) is 28.4 Å². The van der Waals surface area contributed by atoms with E-state index in [1.165, 1.54) is 0 Å². The fourth-order valence-electron chi connectivity index (χ4n) is 3.55. The van der Waals surface area contributed by atoms with Crippen LogP contribution in [0.5, 0.6) is 17.4 Å². The first kappa shape index (κ1) is 25.6. The molecule has 0 saturated carbocycles. The molecule has 0 radical (unpaired) electrons. The van der Waals surface area contributed by atoms with Crippen LogP contribution in [-0.4, -0.2) is 28.3 Å². The van der Waals surface area contributed by atoms with E-state index in [4.69, 9.17) is 32.7 Å². The van der Waals surface area contributed by atoms with Crippen molar-refractivity contribution < 1.29 is 14.3 Å². The summed E-state index contributed by atoms with van der Waals surface area (Å²) in [5.41, 5.74) is 2.94. The highest BCUT2D eigenvalue weighted by Gasteiger charge is 2.16. The molecular weight excluding hydrogens is 497 g/mol. The first-order chi connectivity index (χ1) is 17.3.